The van der Waals surface area contributed by atoms with Crippen LogP contribution in [0.2, 0.25) is 0 Å². The Labute approximate surface area is 231 Å². The molecular weight excluding hydrogens is 490 g/mol. The Bertz CT molecular complexity index is 1260. The summed E-state index contributed by atoms with van der Waals surface area (Å²) in [6.45, 7) is 2.09. The largest absolute Gasteiger partial charge is 0.383 e. The lowest BCUT2D eigenvalue weighted by Crippen LogP contribution is -2.58. The molecule has 1 saturated heterocycles. The third kappa shape index (κ3) is 5.05. The lowest BCUT2D eigenvalue weighted by molar-refractivity contribution is -0.135. The van der Waals surface area contributed by atoms with Gasteiger partial charge >= 0.3 is 5.69 Å². The topological polar surface area (TPSA) is 88.4 Å². The molecule has 39 heavy (non-hydrogen) atoms. The highest BCUT2D eigenvalue weighted by atomic mass is 16.2. The number of piperidine rings is 1. The predicted octanol–water partition coefficient (Wildman–Crippen LogP) is 4.58. The van der Waals surface area contributed by atoms with E-state index in [-0.39, 0.29) is 18.0 Å². The molecule has 1 atom stereocenters. The van der Waals surface area contributed by atoms with E-state index < -0.39 is 11.9 Å². The van der Waals surface area contributed by atoms with Gasteiger partial charge in [0.15, 0.2) is 0 Å². The van der Waals surface area contributed by atoms with E-state index in [0.29, 0.717) is 12.0 Å². The number of nitrogens with one attached hydrogen (secondary N) is 2. The fourth-order valence-corrected chi connectivity index (χ4v) is 8.81. The smallest absolute Gasteiger partial charge is 0.329 e. The Morgan fingerprint density at radius 1 is 0.974 bits per heavy atom. The number of aromatic nitrogens is 2. The van der Waals surface area contributed by atoms with Gasteiger partial charge in [0, 0.05) is 25.6 Å². The second-order valence-electron chi connectivity index (χ2n) is 13.1. The number of rotatable bonds is 11. The van der Waals surface area contributed by atoms with Crippen LogP contribution in [-0.2, 0) is 16.6 Å². The number of fused-ring (bicyclic) bond motifs is 1. The molecule has 1 unspecified atom stereocenters. The van der Waals surface area contributed by atoms with E-state index >= 15 is 0 Å². The molecule has 5 fully saturated rings. The molecule has 0 spiro atoms. The number of amides is 2. The van der Waals surface area contributed by atoms with Gasteiger partial charge in [-0.25, -0.2) is 4.79 Å². The van der Waals surface area contributed by atoms with Crippen LogP contribution in [0, 0.1) is 17.8 Å². The first kappa shape index (κ1) is 26.6. The SMILES string of the molecule is CN(CCCCCCCNc1cccc2c1n(C)c(=O)n2C1CCC(=O)NC1=O)C12CC3CC(CC(C3)C1)C2. The third-order valence-electron chi connectivity index (χ3n) is 10.4. The second kappa shape index (κ2) is 10.8. The number of para-hydroxylation sites is 1. The molecule has 1 aromatic carbocycles. The fourth-order valence-electron chi connectivity index (χ4n) is 8.81. The van der Waals surface area contributed by atoms with Gasteiger partial charge in [0.25, 0.3) is 0 Å². The number of nitrogens with zero attached hydrogens (tertiary/aromatic N) is 3. The Hall–Kier alpha value is -2.61. The Balaban J connectivity index is 0.967. The summed E-state index contributed by atoms with van der Waals surface area (Å²) in [6.07, 6.45) is 15.6. The monoisotopic (exact) mass is 535 g/mol. The van der Waals surface area contributed by atoms with Gasteiger partial charge in [-0.05, 0) is 101 Å². The molecule has 1 aliphatic heterocycles. The zero-order valence-electron chi connectivity index (χ0n) is 23.7. The van der Waals surface area contributed by atoms with Crippen molar-refractivity contribution in [2.75, 3.05) is 25.5 Å². The minimum atomic E-state index is -0.656. The van der Waals surface area contributed by atoms with Crippen LogP contribution in [0.4, 0.5) is 5.69 Å². The van der Waals surface area contributed by atoms with Gasteiger partial charge in [-0.15, -0.1) is 0 Å². The minimum absolute atomic E-state index is 0.229. The zero-order chi connectivity index (χ0) is 27.1. The molecule has 212 valence electrons. The Morgan fingerprint density at radius 3 is 2.33 bits per heavy atom. The van der Waals surface area contributed by atoms with Crippen LogP contribution >= 0.6 is 0 Å². The van der Waals surface area contributed by atoms with Crippen molar-refractivity contribution < 1.29 is 9.59 Å². The molecule has 2 heterocycles. The Morgan fingerprint density at radius 2 is 1.64 bits per heavy atom. The molecule has 1 aromatic heterocycles. The predicted molar refractivity (Wildman–Crippen MR) is 154 cm³/mol. The van der Waals surface area contributed by atoms with Crippen LogP contribution in [0.3, 0.4) is 0 Å². The summed E-state index contributed by atoms with van der Waals surface area (Å²) >= 11 is 0. The van der Waals surface area contributed by atoms with Crippen molar-refractivity contribution >= 4 is 28.5 Å². The van der Waals surface area contributed by atoms with Crippen LogP contribution in [0.15, 0.2) is 23.0 Å². The number of carbonyl (C=O) groups excluding carboxylic acids is 2. The first-order valence-electron chi connectivity index (χ1n) is 15.3. The molecule has 2 aromatic rings. The fraction of sp³-hybridized carbons (Fsp3) is 0.710. The molecule has 4 bridgehead atoms. The van der Waals surface area contributed by atoms with Gasteiger partial charge in [0.1, 0.15) is 6.04 Å². The van der Waals surface area contributed by atoms with Crippen molar-refractivity contribution in [3.63, 3.8) is 0 Å². The van der Waals surface area contributed by atoms with Gasteiger partial charge in [0.05, 0.1) is 16.7 Å². The van der Waals surface area contributed by atoms with Crippen molar-refractivity contribution in [2.24, 2.45) is 24.8 Å². The van der Waals surface area contributed by atoms with E-state index in [2.05, 4.69) is 22.6 Å². The maximum atomic E-state index is 13.1. The van der Waals surface area contributed by atoms with Gasteiger partial charge in [-0.2, -0.15) is 0 Å². The summed E-state index contributed by atoms with van der Waals surface area (Å²) in [6, 6.07) is 5.14. The van der Waals surface area contributed by atoms with Gasteiger partial charge in [0.2, 0.25) is 11.8 Å². The maximum absolute atomic E-state index is 13.1. The highest BCUT2D eigenvalue weighted by Crippen LogP contribution is 2.57. The molecule has 4 aliphatic carbocycles. The van der Waals surface area contributed by atoms with E-state index in [1.54, 1.807) is 16.2 Å². The number of imide groups is 1. The number of unbranched alkanes of at least 4 members (excludes halogenated alkanes) is 4. The number of imidazole rings is 1. The average molecular weight is 536 g/mol. The van der Waals surface area contributed by atoms with E-state index in [9.17, 15) is 14.4 Å². The standard InChI is InChI=1S/C31H45N5O3/c1-34(31-18-21-15-22(19-31)17-23(16-21)20-31)14-7-5-3-4-6-13-32-24-9-8-10-25-28(24)35(2)30(39)36(25)26-11-12-27(37)33-29(26)38/h8-10,21-23,26,32H,3-7,11-20H2,1-2H3,(H,33,37,38). The number of carbonyl (C=O) groups is 2. The van der Waals surface area contributed by atoms with Crippen molar-refractivity contribution in [1.29, 1.82) is 0 Å². The van der Waals surface area contributed by atoms with Crippen LogP contribution < -0.4 is 16.3 Å². The van der Waals surface area contributed by atoms with Gasteiger partial charge in [-0.3, -0.25) is 24.0 Å². The van der Waals surface area contributed by atoms with Crippen molar-refractivity contribution in [2.45, 2.75) is 95.1 Å². The first-order valence-corrected chi connectivity index (χ1v) is 15.3. The molecule has 2 amide bonds. The summed E-state index contributed by atoms with van der Waals surface area (Å²) < 4.78 is 3.16. The molecule has 7 rings (SSSR count). The minimum Gasteiger partial charge on any atom is -0.383 e. The average Bonchev–Trinajstić information content (AvgIpc) is 3.15. The molecule has 0 radical (unpaired) electrons. The number of benzene rings is 1. The van der Waals surface area contributed by atoms with E-state index in [0.717, 1.165) is 47.4 Å². The lowest BCUT2D eigenvalue weighted by Gasteiger charge is -2.60. The van der Waals surface area contributed by atoms with Crippen molar-refractivity contribution in [3.05, 3.63) is 28.7 Å². The number of anilines is 1. The summed E-state index contributed by atoms with van der Waals surface area (Å²) in [7, 11) is 4.15. The van der Waals surface area contributed by atoms with Crippen molar-refractivity contribution in [3.8, 4) is 0 Å². The molecule has 8 heteroatoms. The van der Waals surface area contributed by atoms with Crippen molar-refractivity contribution in [1.82, 2.24) is 19.4 Å². The molecule has 4 saturated carbocycles. The van der Waals surface area contributed by atoms with Crippen LogP contribution in [0.25, 0.3) is 11.0 Å². The summed E-state index contributed by atoms with van der Waals surface area (Å²) in [5, 5.41) is 5.91. The van der Waals surface area contributed by atoms with E-state index in [1.165, 1.54) is 70.8 Å². The normalized spacial score (nSPS) is 29.9. The van der Waals surface area contributed by atoms with E-state index in [1.807, 2.05) is 18.2 Å². The van der Waals surface area contributed by atoms with Crippen LogP contribution in [0.1, 0.15) is 89.5 Å². The number of hydrogen-bond acceptors (Lipinski definition) is 5. The molecule has 2 N–H and O–H groups in total. The molecule has 5 aliphatic rings. The Kier molecular flexibility index (Phi) is 7.34. The highest BCUT2D eigenvalue weighted by molar-refractivity contribution is 6.00. The van der Waals surface area contributed by atoms with Crippen LogP contribution in [0.5, 0.6) is 0 Å². The maximum Gasteiger partial charge on any atom is 0.329 e. The first-order chi connectivity index (χ1) is 18.8. The van der Waals surface area contributed by atoms with E-state index in [4.69, 9.17) is 0 Å². The summed E-state index contributed by atoms with van der Waals surface area (Å²) in [5.41, 5.74) is 2.74. The number of aryl methyl sites for hydroxylation is 1. The van der Waals surface area contributed by atoms with Gasteiger partial charge in [-0.1, -0.05) is 25.3 Å². The molecule has 8 nitrogen and oxygen atoms in total. The highest BCUT2D eigenvalue weighted by Gasteiger charge is 2.52. The summed E-state index contributed by atoms with van der Waals surface area (Å²) in [4.78, 5) is 39.9. The zero-order valence-corrected chi connectivity index (χ0v) is 23.7. The van der Waals surface area contributed by atoms with Gasteiger partial charge < -0.3 is 10.2 Å². The molecular formula is C31H45N5O3. The lowest BCUT2D eigenvalue weighted by atomic mass is 9.52. The quantitative estimate of drug-likeness (QED) is 0.325. The second-order valence-corrected chi connectivity index (χ2v) is 13.1. The summed E-state index contributed by atoms with van der Waals surface area (Å²) in [5.74, 6) is 2.35. The van der Waals surface area contributed by atoms with Crippen LogP contribution in [-0.4, -0.2) is 51.5 Å². The third-order valence-corrected chi connectivity index (χ3v) is 10.4. The number of hydrogen-bond donors (Lipinski definition) is 2.